The molecule has 0 unspecified atom stereocenters. The summed E-state index contributed by atoms with van der Waals surface area (Å²) in [6.07, 6.45) is 1.98. The number of allylic oxidation sites excluding steroid dienone is 1. The Morgan fingerprint density at radius 3 is 2.20 bits per heavy atom. The van der Waals surface area contributed by atoms with Gasteiger partial charge in [-0.1, -0.05) is 78.3 Å². The third-order valence-electron chi connectivity index (χ3n) is 3.14. The van der Waals surface area contributed by atoms with Crippen LogP contribution in [0, 0.1) is 5.92 Å². The van der Waals surface area contributed by atoms with Crippen molar-refractivity contribution < 1.29 is 4.79 Å². The zero-order valence-corrected chi connectivity index (χ0v) is 13.2. The van der Waals surface area contributed by atoms with E-state index in [1.165, 1.54) is 0 Å². The average Bonchev–Trinajstić information content (AvgIpc) is 2.46. The Hall–Kier alpha value is -1.67. The van der Waals surface area contributed by atoms with Gasteiger partial charge < -0.3 is 0 Å². The van der Waals surface area contributed by atoms with Crippen molar-refractivity contribution in [3.8, 4) is 0 Å². The first-order valence-corrected chi connectivity index (χ1v) is 7.44. The fourth-order valence-electron chi connectivity index (χ4n) is 2.01. The molecule has 0 aliphatic rings. The minimum atomic E-state index is 0.0938. The van der Waals surface area contributed by atoms with E-state index >= 15 is 0 Å². The number of carbonyl (C=O) groups is 1. The van der Waals surface area contributed by atoms with Crippen molar-refractivity contribution in [1.29, 1.82) is 0 Å². The molecule has 0 saturated carbocycles. The molecule has 102 valence electrons. The van der Waals surface area contributed by atoms with E-state index in [-0.39, 0.29) is 11.7 Å². The minimum Gasteiger partial charge on any atom is -0.289 e. The van der Waals surface area contributed by atoms with Crippen LogP contribution >= 0.6 is 15.9 Å². The Morgan fingerprint density at radius 1 is 1.00 bits per heavy atom. The standard InChI is InChI=1S/C18H17BrO/c1-13(2)16(12-15-10-6-7-11-17(15)19)18(20)14-8-4-3-5-9-14/h3-13H,1-2H3/b16-12+. The Balaban J connectivity index is 2.43. The average molecular weight is 329 g/mol. The summed E-state index contributed by atoms with van der Waals surface area (Å²) < 4.78 is 0.999. The molecule has 0 N–H and O–H groups in total. The largest absolute Gasteiger partial charge is 0.289 e. The highest BCUT2D eigenvalue weighted by Gasteiger charge is 2.15. The number of ketones is 1. The molecule has 0 saturated heterocycles. The van der Waals surface area contributed by atoms with Gasteiger partial charge in [0.15, 0.2) is 5.78 Å². The molecule has 0 fully saturated rings. The summed E-state index contributed by atoms with van der Waals surface area (Å²) in [6.45, 7) is 4.09. The van der Waals surface area contributed by atoms with Crippen LogP contribution in [0.25, 0.3) is 6.08 Å². The van der Waals surface area contributed by atoms with Gasteiger partial charge >= 0.3 is 0 Å². The van der Waals surface area contributed by atoms with Crippen molar-refractivity contribution >= 4 is 27.8 Å². The second kappa shape index (κ2) is 6.67. The molecule has 2 aromatic rings. The number of benzene rings is 2. The first kappa shape index (κ1) is 14.7. The van der Waals surface area contributed by atoms with Gasteiger partial charge in [-0.2, -0.15) is 0 Å². The quantitative estimate of drug-likeness (QED) is 0.544. The summed E-state index contributed by atoms with van der Waals surface area (Å²) in [4.78, 5) is 12.6. The Kier molecular flexibility index (Phi) is 4.91. The van der Waals surface area contributed by atoms with Gasteiger partial charge in [0.25, 0.3) is 0 Å². The van der Waals surface area contributed by atoms with Gasteiger partial charge in [0.05, 0.1) is 0 Å². The molecule has 0 bridgehead atoms. The molecule has 0 amide bonds. The van der Waals surface area contributed by atoms with E-state index in [0.29, 0.717) is 0 Å². The van der Waals surface area contributed by atoms with Crippen LogP contribution in [0.5, 0.6) is 0 Å². The van der Waals surface area contributed by atoms with Crippen molar-refractivity contribution in [1.82, 2.24) is 0 Å². The molecule has 0 aliphatic carbocycles. The number of halogens is 1. The van der Waals surface area contributed by atoms with Crippen molar-refractivity contribution in [2.75, 3.05) is 0 Å². The lowest BCUT2D eigenvalue weighted by atomic mass is 9.92. The number of hydrogen-bond donors (Lipinski definition) is 0. The Labute approximate surface area is 128 Å². The van der Waals surface area contributed by atoms with Crippen molar-refractivity contribution in [2.24, 2.45) is 5.92 Å². The molecular formula is C18H17BrO. The highest BCUT2D eigenvalue weighted by Crippen LogP contribution is 2.24. The summed E-state index contributed by atoms with van der Waals surface area (Å²) in [6, 6.07) is 17.4. The summed E-state index contributed by atoms with van der Waals surface area (Å²) in [5.41, 5.74) is 2.59. The first-order valence-electron chi connectivity index (χ1n) is 6.65. The third-order valence-corrected chi connectivity index (χ3v) is 3.86. The number of carbonyl (C=O) groups excluding carboxylic acids is 1. The zero-order valence-electron chi connectivity index (χ0n) is 11.6. The summed E-state index contributed by atoms with van der Waals surface area (Å²) >= 11 is 3.52. The van der Waals surface area contributed by atoms with Crippen LogP contribution in [0.1, 0.15) is 29.8 Å². The normalized spacial score (nSPS) is 11.7. The first-order chi connectivity index (χ1) is 9.59. The van der Waals surface area contributed by atoms with E-state index in [2.05, 4.69) is 15.9 Å². The van der Waals surface area contributed by atoms with E-state index < -0.39 is 0 Å². The minimum absolute atomic E-state index is 0.0938. The van der Waals surface area contributed by atoms with E-state index in [1.807, 2.05) is 74.5 Å². The van der Waals surface area contributed by atoms with Gasteiger partial charge in [-0.3, -0.25) is 4.79 Å². The molecule has 0 spiro atoms. The molecule has 0 radical (unpaired) electrons. The fraction of sp³-hybridized carbons (Fsp3) is 0.167. The van der Waals surface area contributed by atoms with E-state index in [1.54, 1.807) is 0 Å². The molecule has 20 heavy (non-hydrogen) atoms. The monoisotopic (exact) mass is 328 g/mol. The second-order valence-corrected chi connectivity index (χ2v) is 5.83. The van der Waals surface area contributed by atoms with Crippen LogP contribution < -0.4 is 0 Å². The molecule has 1 nitrogen and oxygen atoms in total. The van der Waals surface area contributed by atoms with Crippen molar-refractivity contribution in [3.05, 3.63) is 75.8 Å². The van der Waals surface area contributed by atoms with Gasteiger partial charge in [0.1, 0.15) is 0 Å². The fourth-order valence-corrected chi connectivity index (χ4v) is 2.41. The van der Waals surface area contributed by atoms with Crippen molar-refractivity contribution in [2.45, 2.75) is 13.8 Å². The van der Waals surface area contributed by atoms with E-state index in [0.717, 1.165) is 21.2 Å². The SMILES string of the molecule is CC(C)/C(=C\c1ccccc1Br)C(=O)c1ccccc1. The maximum atomic E-state index is 12.6. The van der Waals surface area contributed by atoms with Gasteiger partial charge in [0.2, 0.25) is 0 Å². The molecule has 2 rings (SSSR count). The zero-order chi connectivity index (χ0) is 14.5. The van der Waals surface area contributed by atoms with Gasteiger partial charge in [-0.25, -0.2) is 0 Å². The molecule has 2 heteroatoms. The number of Topliss-reactive ketones (excluding diaryl/α,β-unsaturated/α-hetero) is 1. The topological polar surface area (TPSA) is 17.1 Å². The summed E-state index contributed by atoms with van der Waals surface area (Å²) in [5, 5.41) is 0. The van der Waals surface area contributed by atoms with Crippen LogP contribution in [0.3, 0.4) is 0 Å². The molecule has 2 aromatic carbocycles. The second-order valence-electron chi connectivity index (χ2n) is 4.97. The van der Waals surface area contributed by atoms with Crippen molar-refractivity contribution in [3.63, 3.8) is 0 Å². The molecule has 0 aliphatic heterocycles. The molecule has 0 heterocycles. The van der Waals surface area contributed by atoms with Crippen LogP contribution in [-0.4, -0.2) is 5.78 Å². The Bertz CT molecular complexity index is 627. The third kappa shape index (κ3) is 3.45. The molecule has 0 aromatic heterocycles. The van der Waals surface area contributed by atoms with Crippen LogP contribution in [0.15, 0.2) is 64.6 Å². The van der Waals surface area contributed by atoms with E-state index in [4.69, 9.17) is 0 Å². The highest BCUT2D eigenvalue weighted by atomic mass is 79.9. The van der Waals surface area contributed by atoms with E-state index in [9.17, 15) is 4.79 Å². The van der Waals surface area contributed by atoms with Gasteiger partial charge in [-0.05, 0) is 23.6 Å². The molecule has 0 atom stereocenters. The van der Waals surface area contributed by atoms with Crippen LogP contribution in [0.4, 0.5) is 0 Å². The number of rotatable bonds is 4. The number of hydrogen-bond acceptors (Lipinski definition) is 1. The highest BCUT2D eigenvalue weighted by molar-refractivity contribution is 9.10. The maximum absolute atomic E-state index is 12.6. The smallest absolute Gasteiger partial charge is 0.189 e. The predicted molar refractivity (Wildman–Crippen MR) is 87.7 cm³/mol. The van der Waals surface area contributed by atoms with Crippen LogP contribution in [0.2, 0.25) is 0 Å². The predicted octanol–water partition coefficient (Wildman–Crippen LogP) is 5.37. The van der Waals surface area contributed by atoms with Gasteiger partial charge in [0, 0.05) is 15.6 Å². The molecular weight excluding hydrogens is 312 g/mol. The Morgan fingerprint density at radius 2 is 1.60 bits per heavy atom. The van der Waals surface area contributed by atoms with Crippen LogP contribution in [-0.2, 0) is 0 Å². The summed E-state index contributed by atoms with van der Waals surface area (Å²) in [7, 11) is 0. The lowest BCUT2D eigenvalue weighted by Crippen LogP contribution is -2.08. The van der Waals surface area contributed by atoms with Gasteiger partial charge in [-0.15, -0.1) is 0 Å². The lowest BCUT2D eigenvalue weighted by molar-refractivity contribution is 0.102. The maximum Gasteiger partial charge on any atom is 0.189 e. The lowest BCUT2D eigenvalue weighted by Gasteiger charge is -2.11. The summed E-state index contributed by atoms with van der Waals surface area (Å²) in [5.74, 6) is 0.270.